The lowest BCUT2D eigenvalue weighted by atomic mass is 10.1. The zero-order valence-electron chi connectivity index (χ0n) is 11.0. The van der Waals surface area contributed by atoms with Crippen molar-refractivity contribution in [2.24, 2.45) is 0 Å². The minimum Gasteiger partial charge on any atom is -0.478 e. The van der Waals surface area contributed by atoms with Crippen LogP contribution >= 0.6 is 0 Å². The standard InChI is InChI=1S/C15H17NO4/c17-14(10-20-13-6-1-2-7-13)16-9-11-4-3-5-12(8-11)15(18)19/h1-5,8,13H,6-7,9-10H2,(H,16,17)(H,18,19). The van der Waals surface area contributed by atoms with Crippen molar-refractivity contribution < 1.29 is 19.4 Å². The molecule has 0 aliphatic heterocycles. The van der Waals surface area contributed by atoms with Crippen LogP contribution in [0.5, 0.6) is 0 Å². The van der Waals surface area contributed by atoms with Crippen molar-refractivity contribution in [3.8, 4) is 0 Å². The average Bonchev–Trinajstić information content (AvgIpc) is 2.96. The third-order valence-corrected chi connectivity index (χ3v) is 3.08. The number of carboxylic acids is 1. The van der Waals surface area contributed by atoms with Crippen molar-refractivity contribution >= 4 is 11.9 Å². The Morgan fingerprint density at radius 2 is 2.05 bits per heavy atom. The number of rotatable bonds is 6. The Labute approximate surface area is 117 Å². The Hall–Kier alpha value is -2.14. The summed E-state index contributed by atoms with van der Waals surface area (Å²) < 4.78 is 5.45. The van der Waals surface area contributed by atoms with E-state index in [9.17, 15) is 9.59 Å². The molecule has 20 heavy (non-hydrogen) atoms. The van der Waals surface area contributed by atoms with E-state index in [2.05, 4.69) is 5.32 Å². The first-order valence-corrected chi connectivity index (χ1v) is 6.50. The van der Waals surface area contributed by atoms with E-state index in [0.29, 0.717) is 6.54 Å². The van der Waals surface area contributed by atoms with Gasteiger partial charge in [0.2, 0.25) is 5.91 Å². The third kappa shape index (κ3) is 4.20. The molecule has 5 heteroatoms. The SMILES string of the molecule is O=C(COC1CC=CC1)NCc1cccc(C(=O)O)c1. The van der Waals surface area contributed by atoms with Gasteiger partial charge in [-0.1, -0.05) is 24.3 Å². The fraction of sp³-hybridized carbons (Fsp3) is 0.333. The van der Waals surface area contributed by atoms with Gasteiger partial charge in [0.1, 0.15) is 6.61 Å². The van der Waals surface area contributed by atoms with E-state index in [0.717, 1.165) is 18.4 Å². The summed E-state index contributed by atoms with van der Waals surface area (Å²) in [6, 6.07) is 6.49. The van der Waals surface area contributed by atoms with Crippen molar-refractivity contribution in [2.45, 2.75) is 25.5 Å². The van der Waals surface area contributed by atoms with Crippen LogP contribution < -0.4 is 5.32 Å². The number of ether oxygens (including phenoxy) is 1. The second-order valence-corrected chi connectivity index (χ2v) is 4.66. The van der Waals surface area contributed by atoms with Gasteiger partial charge >= 0.3 is 5.97 Å². The van der Waals surface area contributed by atoms with Gasteiger partial charge in [-0.05, 0) is 30.5 Å². The molecule has 2 N–H and O–H groups in total. The molecule has 0 heterocycles. The van der Waals surface area contributed by atoms with Crippen molar-refractivity contribution in [2.75, 3.05) is 6.61 Å². The molecule has 0 bridgehead atoms. The highest BCUT2D eigenvalue weighted by atomic mass is 16.5. The van der Waals surface area contributed by atoms with Crippen LogP contribution in [-0.2, 0) is 16.1 Å². The van der Waals surface area contributed by atoms with Gasteiger partial charge in [0.05, 0.1) is 11.7 Å². The lowest BCUT2D eigenvalue weighted by molar-refractivity contribution is -0.127. The number of nitrogens with one attached hydrogen (secondary N) is 1. The Balaban J connectivity index is 1.75. The van der Waals surface area contributed by atoms with E-state index < -0.39 is 5.97 Å². The molecule has 1 aliphatic rings. The van der Waals surface area contributed by atoms with Crippen LogP contribution in [0.1, 0.15) is 28.8 Å². The fourth-order valence-electron chi connectivity index (χ4n) is 1.99. The van der Waals surface area contributed by atoms with Gasteiger partial charge in [-0.3, -0.25) is 4.79 Å². The van der Waals surface area contributed by atoms with Crippen LogP contribution in [0.4, 0.5) is 0 Å². The molecule has 0 radical (unpaired) electrons. The van der Waals surface area contributed by atoms with Crippen molar-refractivity contribution in [3.63, 3.8) is 0 Å². The minimum absolute atomic E-state index is 0.0327. The van der Waals surface area contributed by atoms with E-state index >= 15 is 0 Å². The summed E-state index contributed by atoms with van der Waals surface area (Å²) in [4.78, 5) is 22.4. The Morgan fingerprint density at radius 1 is 1.30 bits per heavy atom. The highest BCUT2D eigenvalue weighted by Gasteiger charge is 2.12. The van der Waals surface area contributed by atoms with Crippen LogP contribution in [-0.4, -0.2) is 29.7 Å². The summed E-state index contributed by atoms with van der Waals surface area (Å²) in [6.07, 6.45) is 5.90. The monoisotopic (exact) mass is 275 g/mol. The normalized spacial score (nSPS) is 14.4. The second kappa shape index (κ2) is 6.86. The number of benzene rings is 1. The molecule has 5 nitrogen and oxygen atoms in total. The third-order valence-electron chi connectivity index (χ3n) is 3.08. The molecule has 0 aromatic heterocycles. The Kier molecular flexibility index (Phi) is 4.90. The predicted octanol–water partition coefficient (Wildman–Crippen LogP) is 1.74. The first-order valence-electron chi connectivity index (χ1n) is 6.50. The van der Waals surface area contributed by atoms with Crippen LogP contribution in [0.2, 0.25) is 0 Å². The topological polar surface area (TPSA) is 75.6 Å². The first-order chi connectivity index (χ1) is 9.65. The second-order valence-electron chi connectivity index (χ2n) is 4.66. The van der Waals surface area contributed by atoms with E-state index in [1.807, 2.05) is 12.2 Å². The van der Waals surface area contributed by atoms with Gasteiger partial charge in [-0.25, -0.2) is 4.79 Å². The molecule has 1 aromatic rings. The molecule has 0 unspecified atom stereocenters. The van der Waals surface area contributed by atoms with E-state index in [1.165, 1.54) is 6.07 Å². The van der Waals surface area contributed by atoms with Crippen molar-refractivity contribution in [1.82, 2.24) is 5.32 Å². The van der Waals surface area contributed by atoms with Crippen LogP contribution in [0.25, 0.3) is 0 Å². The highest BCUT2D eigenvalue weighted by molar-refractivity contribution is 5.87. The lowest BCUT2D eigenvalue weighted by Crippen LogP contribution is -2.29. The molecule has 1 amide bonds. The van der Waals surface area contributed by atoms with Crippen LogP contribution in [0.3, 0.4) is 0 Å². The van der Waals surface area contributed by atoms with Gasteiger partial charge in [0.15, 0.2) is 0 Å². The molecule has 0 saturated carbocycles. The largest absolute Gasteiger partial charge is 0.478 e. The predicted molar refractivity (Wildman–Crippen MR) is 73.4 cm³/mol. The molecule has 0 atom stereocenters. The van der Waals surface area contributed by atoms with Gasteiger partial charge in [0.25, 0.3) is 0 Å². The Bertz CT molecular complexity index is 516. The molecule has 106 valence electrons. The first kappa shape index (κ1) is 14.3. The molecule has 0 saturated heterocycles. The maximum absolute atomic E-state index is 11.6. The van der Waals surface area contributed by atoms with E-state index in [1.54, 1.807) is 18.2 Å². The number of amides is 1. The zero-order valence-corrected chi connectivity index (χ0v) is 11.0. The van der Waals surface area contributed by atoms with E-state index in [-0.39, 0.29) is 24.2 Å². The maximum atomic E-state index is 11.6. The molecule has 2 rings (SSSR count). The van der Waals surface area contributed by atoms with Crippen LogP contribution in [0, 0.1) is 0 Å². The summed E-state index contributed by atoms with van der Waals surface area (Å²) in [7, 11) is 0. The quantitative estimate of drug-likeness (QED) is 0.775. The number of hydrogen-bond acceptors (Lipinski definition) is 3. The van der Waals surface area contributed by atoms with Gasteiger partial charge in [-0.15, -0.1) is 0 Å². The minimum atomic E-state index is -0.977. The molecule has 1 aromatic carbocycles. The molecular weight excluding hydrogens is 258 g/mol. The van der Waals surface area contributed by atoms with E-state index in [4.69, 9.17) is 9.84 Å². The van der Waals surface area contributed by atoms with Crippen molar-refractivity contribution in [1.29, 1.82) is 0 Å². The number of carboxylic acid groups (broad SMARTS) is 1. The number of hydrogen-bond donors (Lipinski definition) is 2. The van der Waals surface area contributed by atoms with Gasteiger partial charge < -0.3 is 15.2 Å². The van der Waals surface area contributed by atoms with Crippen LogP contribution in [0.15, 0.2) is 36.4 Å². The highest BCUT2D eigenvalue weighted by Crippen LogP contribution is 2.12. The summed E-state index contributed by atoms with van der Waals surface area (Å²) in [5.41, 5.74) is 0.964. The molecule has 0 spiro atoms. The lowest BCUT2D eigenvalue weighted by Gasteiger charge is -2.11. The maximum Gasteiger partial charge on any atom is 0.335 e. The summed E-state index contributed by atoms with van der Waals surface area (Å²) in [6.45, 7) is 0.331. The zero-order chi connectivity index (χ0) is 14.4. The van der Waals surface area contributed by atoms with Crippen molar-refractivity contribution in [3.05, 3.63) is 47.5 Å². The van der Waals surface area contributed by atoms with Gasteiger partial charge in [-0.2, -0.15) is 0 Å². The number of aromatic carboxylic acids is 1. The molecule has 1 aliphatic carbocycles. The number of carbonyl (C=O) groups is 2. The molecule has 0 fully saturated rings. The summed E-state index contributed by atoms with van der Waals surface area (Å²) in [5, 5.41) is 11.6. The summed E-state index contributed by atoms with van der Waals surface area (Å²) in [5.74, 6) is -1.17. The fourth-order valence-corrected chi connectivity index (χ4v) is 1.99. The summed E-state index contributed by atoms with van der Waals surface area (Å²) >= 11 is 0. The van der Waals surface area contributed by atoms with Gasteiger partial charge in [0, 0.05) is 6.54 Å². The smallest absolute Gasteiger partial charge is 0.335 e. The number of carbonyl (C=O) groups excluding carboxylic acids is 1. The Morgan fingerprint density at radius 3 is 2.75 bits per heavy atom. The molecular formula is C15H17NO4. The average molecular weight is 275 g/mol.